The first kappa shape index (κ1) is 19.7. The van der Waals surface area contributed by atoms with Gasteiger partial charge in [0.25, 0.3) is 5.91 Å². The molecule has 2 aromatic rings. The van der Waals surface area contributed by atoms with Gasteiger partial charge in [0.1, 0.15) is 17.6 Å². The largest absolute Gasteiger partial charge is 0.497 e. The maximum absolute atomic E-state index is 12.7. The van der Waals surface area contributed by atoms with Crippen molar-refractivity contribution in [3.8, 4) is 11.5 Å². The third-order valence-electron chi connectivity index (χ3n) is 4.49. The molecule has 0 aliphatic carbocycles. The van der Waals surface area contributed by atoms with Gasteiger partial charge in [-0.05, 0) is 5.56 Å². The SMILES string of the molecule is COc1cc(NC(=O)C[C@H]2OCCN(Cc3ccccc3)C2=O)cc(OC)c1. The fourth-order valence-electron chi connectivity index (χ4n) is 3.06. The topological polar surface area (TPSA) is 77.1 Å². The molecule has 148 valence electrons. The van der Waals surface area contributed by atoms with Crippen LogP contribution in [0.3, 0.4) is 0 Å². The molecule has 0 spiro atoms. The van der Waals surface area contributed by atoms with Crippen molar-refractivity contribution in [2.24, 2.45) is 0 Å². The first-order valence-corrected chi connectivity index (χ1v) is 9.06. The lowest BCUT2D eigenvalue weighted by molar-refractivity contribution is -0.155. The van der Waals surface area contributed by atoms with E-state index >= 15 is 0 Å². The van der Waals surface area contributed by atoms with E-state index in [1.54, 1.807) is 23.1 Å². The summed E-state index contributed by atoms with van der Waals surface area (Å²) in [5.74, 6) is 0.644. The van der Waals surface area contributed by atoms with E-state index in [1.807, 2.05) is 30.3 Å². The van der Waals surface area contributed by atoms with E-state index in [2.05, 4.69) is 5.32 Å². The molecule has 1 heterocycles. The minimum absolute atomic E-state index is 0.0519. The smallest absolute Gasteiger partial charge is 0.252 e. The van der Waals surface area contributed by atoms with Crippen LogP contribution in [0.2, 0.25) is 0 Å². The highest BCUT2D eigenvalue weighted by Crippen LogP contribution is 2.26. The number of nitrogens with zero attached hydrogens (tertiary/aromatic N) is 1. The number of hydrogen-bond donors (Lipinski definition) is 1. The Morgan fingerprint density at radius 2 is 1.82 bits per heavy atom. The van der Waals surface area contributed by atoms with Gasteiger partial charge in [-0.25, -0.2) is 0 Å². The number of hydrogen-bond acceptors (Lipinski definition) is 5. The molecule has 1 N–H and O–H groups in total. The second-order valence-corrected chi connectivity index (χ2v) is 6.46. The summed E-state index contributed by atoms with van der Waals surface area (Å²) in [6, 6.07) is 14.8. The average molecular weight is 384 g/mol. The van der Waals surface area contributed by atoms with Crippen molar-refractivity contribution in [2.75, 3.05) is 32.7 Å². The zero-order chi connectivity index (χ0) is 19.9. The number of methoxy groups -OCH3 is 2. The summed E-state index contributed by atoms with van der Waals surface area (Å²) in [6.07, 6.45) is -0.839. The fraction of sp³-hybridized carbons (Fsp3) is 0.333. The van der Waals surface area contributed by atoms with Crippen LogP contribution in [-0.4, -0.2) is 50.2 Å². The van der Waals surface area contributed by atoms with Crippen LogP contribution in [0, 0.1) is 0 Å². The highest BCUT2D eigenvalue weighted by Gasteiger charge is 2.31. The van der Waals surface area contributed by atoms with E-state index in [0.29, 0.717) is 36.9 Å². The second kappa shape index (κ2) is 9.23. The third kappa shape index (κ3) is 5.01. The van der Waals surface area contributed by atoms with Gasteiger partial charge >= 0.3 is 0 Å². The van der Waals surface area contributed by atoms with Crippen LogP contribution in [0.25, 0.3) is 0 Å². The summed E-state index contributed by atoms with van der Waals surface area (Å²) in [6.45, 7) is 1.43. The number of morpholine rings is 1. The molecular weight excluding hydrogens is 360 g/mol. The Morgan fingerprint density at radius 3 is 2.46 bits per heavy atom. The Morgan fingerprint density at radius 1 is 1.14 bits per heavy atom. The number of ether oxygens (including phenoxy) is 3. The van der Waals surface area contributed by atoms with E-state index in [4.69, 9.17) is 14.2 Å². The summed E-state index contributed by atoms with van der Waals surface area (Å²) in [5, 5.41) is 2.77. The Bertz CT molecular complexity index is 803. The van der Waals surface area contributed by atoms with Crippen LogP contribution in [0.4, 0.5) is 5.69 Å². The number of nitrogens with one attached hydrogen (secondary N) is 1. The number of rotatable bonds is 7. The van der Waals surface area contributed by atoms with Gasteiger partial charge < -0.3 is 24.4 Å². The Hall–Kier alpha value is -3.06. The van der Waals surface area contributed by atoms with E-state index < -0.39 is 6.10 Å². The van der Waals surface area contributed by atoms with Crippen LogP contribution in [0.5, 0.6) is 11.5 Å². The van der Waals surface area contributed by atoms with Gasteiger partial charge in [-0.1, -0.05) is 30.3 Å². The monoisotopic (exact) mass is 384 g/mol. The van der Waals surface area contributed by atoms with Gasteiger partial charge in [-0.3, -0.25) is 9.59 Å². The molecule has 0 saturated carbocycles. The molecule has 2 amide bonds. The predicted molar refractivity (Wildman–Crippen MR) is 104 cm³/mol. The quantitative estimate of drug-likeness (QED) is 0.794. The molecule has 0 aromatic heterocycles. The Kier molecular flexibility index (Phi) is 6.49. The lowest BCUT2D eigenvalue weighted by Gasteiger charge is -2.32. The molecule has 1 aliphatic heterocycles. The highest BCUT2D eigenvalue weighted by atomic mass is 16.5. The summed E-state index contributed by atoms with van der Waals surface area (Å²) in [4.78, 5) is 26.9. The fourth-order valence-corrected chi connectivity index (χ4v) is 3.06. The standard InChI is InChI=1S/C21H24N2O5/c1-26-17-10-16(11-18(12-17)27-2)22-20(24)13-19-21(25)23(8-9-28-19)14-15-6-4-3-5-7-15/h3-7,10-12,19H,8-9,13-14H2,1-2H3,(H,22,24)/t19-/m1/s1. The molecule has 7 heteroatoms. The number of anilines is 1. The molecular formula is C21H24N2O5. The highest BCUT2D eigenvalue weighted by molar-refractivity contribution is 5.95. The minimum atomic E-state index is -0.787. The molecule has 7 nitrogen and oxygen atoms in total. The van der Waals surface area contributed by atoms with Crippen molar-refractivity contribution in [1.82, 2.24) is 4.90 Å². The van der Waals surface area contributed by atoms with Crippen molar-refractivity contribution in [3.63, 3.8) is 0 Å². The minimum Gasteiger partial charge on any atom is -0.497 e. The summed E-state index contributed by atoms with van der Waals surface area (Å²) in [7, 11) is 3.08. The molecule has 0 radical (unpaired) electrons. The normalized spacial score (nSPS) is 16.6. The van der Waals surface area contributed by atoms with E-state index in [1.165, 1.54) is 14.2 Å². The molecule has 0 bridgehead atoms. The van der Waals surface area contributed by atoms with Gasteiger partial charge in [0.15, 0.2) is 0 Å². The lowest BCUT2D eigenvalue weighted by atomic mass is 10.1. The first-order valence-electron chi connectivity index (χ1n) is 9.06. The van der Waals surface area contributed by atoms with Gasteiger partial charge in [0, 0.05) is 37.0 Å². The zero-order valence-electron chi connectivity index (χ0n) is 16.0. The predicted octanol–water partition coefficient (Wildman–Crippen LogP) is 2.46. The molecule has 28 heavy (non-hydrogen) atoms. The van der Waals surface area contributed by atoms with Crippen molar-refractivity contribution >= 4 is 17.5 Å². The maximum atomic E-state index is 12.7. The van der Waals surface area contributed by atoms with E-state index in [9.17, 15) is 9.59 Å². The number of benzene rings is 2. The number of carbonyl (C=O) groups excluding carboxylic acids is 2. The van der Waals surface area contributed by atoms with Crippen molar-refractivity contribution < 1.29 is 23.8 Å². The van der Waals surface area contributed by atoms with Crippen LogP contribution >= 0.6 is 0 Å². The average Bonchev–Trinajstić information content (AvgIpc) is 2.71. The van der Waals surface area contributed by atoms with Crippen molar-refractivity contribution in [1.29, 1.82) is 0 Å². The van der Waals surface area contributed by atoms with Crippen LogP contribution < -0.4 is 14.8 Å². The van der Waals surface area contributed by atoms with Crippen LogP contribution in [-0.2, 0) is 20.9 Å². The van der Waals surface area contributed by atoms with E-state index in [0.717, 1.165) is 5.56 Å². The third-order valence-corrected chi connectivity index (χ3v) is 4.49. The molecule has 0 unspecified atom stereocenters. The van der Waals surface area contributed by atoms with Gasteiger partial charge in [-0.2, -0.15) is 0 Å². The Labute approximate surface area is 164 Å². The molecule has 1 fully saturated rings. The van der Waals surface area contributed by atoms with Crippen LogP contribution in [0.1, 0.15) is 12.0 Å². The lowest BCUT2D eigenvalue weighted by Crippen LogP contribution is -2.48. The van der Waals surface area contributed by atoms with Gasteiger partial charge in [0.05, 0.1) is 27.2 Å². The van der Waals surface area contributed by atoms with Gasteiger partial charge in [-0.15, -0.1) is 0 Å². The maximum Gasteiger partial charge on any atom is 0.252 e. The number of amides is 2. The van der Waals surface area contributed by atoms with Crippen LogP contribution in [0.15, 0.2) is 48.5 Å². The zero-order valence-corrected chi connectivity index (χ0v) is 16.0. The molecule has 2 aromatic carbocycles. The summed E-state index contributed by atoms with van der Waals surface area (Å²) < 4.78 is 16.0. The Balaban J connectivity index is 1.61. The number of carbonyl (C=O) groups is 2. The molecule has 1 aliphatic rings. The molecule has 1 saturated heterocycles. The summed E-state index contributed by atoms with van der Waals surface area (Å²) >= 11 is 0. The van der Waals surface area contributed by atoms with E-state index in [-0.39, 0.29) is 18.2 Å². The first-order chi connectivity index (χ1) is 13.6. The molecule has 3 rings (SSSR count). The van der Waals surface area contributed by atoms with Crippen molar-refractivity contribution in [2.45, 2.75) is 19.1 Å². The molecule has 1 atom stereocenters. The summed E-state index contributed by atoms with van der Waals surface area (Å²) in [5.41, 5.74) is 1.58. The van der Waals surface area contributed by atoms with Gasteiger partial charge in [0.2, 0.25) is 5.91 Å². The van der Waals surface area contributed by atoms with Crippen molar-refractivity contribution in [3.05, 3.63) is 54.1 Å². The second-order valence-electron chi connectivity index (χ2n) is 6.46.